The molecule has 1 aliphatic rings. The van der Waals surface area contributed by atoms with Gasteiger partial charge in [-0.25, -0.2) is 0 Å². The first-order valence-corrected chi connectivity index (χ1v) is 7.46. The third kappa shape index (κ3) is 4.10. The van der Waals surface area contributed by atoms with Gasteiger partial charge in [-0.3, -0.25) is 4.79 Å². The molecule has 1 aliphatic heterocycles. The number of anilines is 1. The maximum absolute atomic E-state index is 11.8. The molecule has 0 spiro atoms. The Bertz CT molecular complexity index is 385. The van der Waals surface area contributed by atoms with Crippen molar-refractivity contribution in [3.05, 3.63) is 29.8 Å². The summed E-state index contributed by atoms with van der Waals surface area (Å²) in [6, 6.07) is 7.99. The second-order valence-electron chi connectivity index (χ2n) is 4.52. The predicted molar refractivity (Wildman–Crippen MR) is 76.2 cm³/mol. The molecule has 1 unspecified atom stereocenters. The molecule has 1 fully saturated rings. The Balaban J connectivity index is 1.82. The highest BCUT2D eigenvalue weighted by Gasteiger charge is 2.18. The maximum Gasteiger partial charge on any atom is 0.226 e. The molecule has 0 aliphatic carbocycles. The van der Waals surface area contributed by atoms with Gasteiger partial charge in [-0.1, -0.05) is 28.1 Å². The van der Waals surface area contributed by atoms with E-state index in [0.717, 1.165) is 36.9 Å². The number of halogens is 1. The van der Waals surface area contributed by atoms with Gasteiger partial charge in [-0.15, -0.1) is 0 Å². The average molecular weight is 312 g/mol. The third-order valence-electron chi connectivity index (χ3n) is 3.06. The van der Waals surface area contributed by atoms with Crippen molar-refractivity contribution in [3.63, 3.8) is 0 Å². The number of ether oxygens (including phenoxy) is 1. The zero-order valence-electron chi connectivity index (χ0n) is 10.3. The zero-order valence-corrected chi connectivity index (χ0v) is 11.9. The van der Waals surface area contributed by atoms with E-state index in [4.69, 9.17) is 4.74 Å². The van der Waals surface area contributed by atoms with Crippen LogP contribution in [0.15, 0.2) is 24.3 Å². The van der Waals surface area contributed by atoms with Crippen LogP contribution in [0.5, 0.6) is 0 Å². The number of carbonyl (C=O) groups is 1. The molecule has 2 rings (SSSR count). The van der Waals surface area contributed by atoms with Crippen LogP contribution in [0, 0.1) is 0 Å². The number of nitrogens with one attached hydrogen (secondary N) is 1. The molecular formula is C14H18BrNO2. The minimum atomic E-state index is 0.0372. The van der Waals surface area contributed by atoms with Gasteiger partial charge >= 0.3 is 0 Å². The first-order chi connectivity index (χ1) is 8.78. The molecule has 4 heteroatoms. The number of hydrogen-bond acceptors (Lipinski definition) is 2. The molecular weight excluding hydrogens is 294 g/mol. The van der Waals surface area contributed by atoms with Crippen LogP contribution in [0.3, 0.4) is 0 Å². The third-order valence-corrected chi connectivity index (χ3v) is 3.45. The molecule has 0 saturated carbocycles. The average Bonchev–Trinajstić information content (AvgIpc) is 2.84. The van der Waals surface area contributed by atoms with Crippen LogP contribution in [0.25, 0.3) is 0 Å². The Kier molecular flexibility index (Phi) is 5.20. The number of hydrogen-bond donors (Lipinski definition) is 1. The molecule has 0 radical (unpaired) electrons. The van der Waals surface area contributed by atoms with Crippen molar-refractivity contribution in [3.8, 4) is 0 Å². The Morgan fingerprint density at radius 2 is 2.17 bits per heavy atom. The topological polar surface area (TPSA) is 38.3 Å². The lowest BCUT2D eigenvalue weighted by Crippen LogP contribution is -2.19. The number of benzene rings is 1. The van der Waals surface area contributed by atoms with E-state index in [9.17, 15) is 4.79 Å². The molecule has 18 heavy (non-hydrogen) atoms. The maximum atomic E-state index is 11.8. The Hall–Kier alpha value is -0.870. The van der Waals surface area contributed by atoms with E-state index >= 15 is 0 Å². The van der Waals surface area contributed by atoms with E-state index < -0.39 is 0 Å². The van der Waals surface area contributed by atoms with E-state index in [1.165, 1.54) is 5.56 Å². The predicted octanol–water partition coefficient (Wildman–Crippen LogP) is 3.13. The van der Waals surface area contributed by atoms with Crippen molar-refractivity contribution < 1.29 is 9.53 Å². The van der Waals surface area contributed by atoms with Gasteiger partial charge in [0.2, 0.25) is 5.91 Å². The van der Waals surface area contributed by atoms with E-state index in [1.54, 1.807) is 0 Å². The SMILES string of the molecule is O=C(CC1CCCO1)Nc1ccc(CCBr)cc1. The highest BCUT2D eigenvalue weighted by Crippen LogP contribution is 2.17. The summed E-state index contributed by atoms with van der Waals surface area (Å²) in [5.41, 5.74) is 2.13. The summed E-state index contributed by atoms with van der Waals surface area (Å²) < 4.78 is 5.45. The molecule has 1 amide bonds. The van der Waals surface area contributed by atoms with E-state index in [1.807, 2.05) is 24.3 Å². The molecule has 0 bridgehead atoms. The fourth-order valence-corrected chi connectivity index (χ4v) is 2.55. The Labute approximate surface area is 116 Å². The van der Waals surface area contributed by atoms with Gasteiger partial charge in [0.25, 0.3) is 0 Å². The first-order valence-electron chi connectivity index (χ1n) is 6.34. The number of rotatable bonds is 5. The van der Waals surface area contributed by atoms with Crippen molar-refractivity contribution in [1.82, 2.24) is 0 Å². The molecule has 98 valence electrons. The fourth-order valence-electron chi connectivity index (χ4n) is 2.09. The number of alkyl halides is 1. The number of amides is 1. The molecule has 1 aromatic rings. The summed E-state index contributed by atoms with van der Waals surface area (Å²) in [5, 5.41) is 3.86. The van der Waals surface area contributed by atoms with Gasteiger partial charge < -0.3 is 10.1 Å². The van der Waals surface area contributed by atoms with Crippen LogP contribution in [0.4, 0.5) is 5.69 Å². The molecule has 1 N–H and O–H groups in total. The van der Waals surface area contributed by atoms with Gasteiger partial charge in [0, 0.05) is 17.6 Å². The lowest BCUT2D eigenvalue weighted by molar-refractivity contribution is -0.118. The van der Waals surface area contributed by atoms with Crippen molar-refractivity contribution in [2.45, 2.75) is 31.8 Å². The van der Waals surface area contributed by atoms with Gasteiger partial charge in [0.05, 0.1) is 12.5 Å². The molecule has 1 aromatic carbocycles. The summed E-state index contributed by atoms with van der Waals surface area (Å²) in [6.07, 6.45) is 3.64. The Morgan fingerprint density at radius 1 is 1.39 bits per heavy atom. The van der Waals surface area contributed by atoms with Gasteiger partial charge in [-0.2, -0.15) is 0 Å². The van der Waals surface area contributed by atoms with Crippen molar-refractivity contribution in [1.29, 1.82) is 0 Å². The highest BCUT2D eigenvalue weighted by atomic mass is 79.9. The molecule has 0 aromatic heterocycles. The molecule has 1 saturated heterocycles. The summed E-state index contributed by atoms with van der Waals surface area (Å²) >= 11 is 3.41. The highest BCUT2D eigenvalue weighted by molar-refractivity contribution is 9.09. The summed E-state index contributed by atoms with van der Waals surface area (Å²) in [7, 11) is 0. The van der Waals surface area contributed by atoms with Crippen LogP contribution in [0.2, 0.25) is 0 Å². The van der Waals surface area contributed by atoms with Gasteiger partial charge in [0.1, 0.15) is 0 Å². The fraction of sp³-hybridized carbons (Fsp3) is 0.500. The minimum absolute atomic E-state index is 0.0372. The first kappa shape index (κ1) is 13.6. The summed E-state index contributed by atoms with van der Waals surface area (Å²) in [6.45, 7) is 0.791. The standard InChI is InChI=1S/C14H18BrNO2/c15-8-7-11-3-5-12(6-4-11)16-14(17)10-13-2-1-9-18-13/h3-6,13H,1-2,7-10H2,(H,16,17). The van der Waals surface area contributed by atoms with Gasteiger partial charge in [0.15, 0.2) is 0 Å². The van der Waals surface area contributed by atoms with Crippen molar-refractivity contribution in [2.75, 3.05) is 17.3 Å². The van der Waals surface area contributed by atoms with E-state index in [0.29, 0.717) is 6.42 Å². The van der Waals surface area contributed by atoms with Gasteiger partial charge in [-0.05, 0) is 37.0 Å². The van der Waals surface area contributed by atoms with Crippen LogP contribution in [-0.4, -0.2) is 23.9 Å². The van der Waals surface area contributed by atoms with E-state index in [2.05, 4.69) is 21.2 Å². The Morgan fingerprint density at radius 3 is 2.78 bits per heavy atom. The number of carbonyl (C=O) groups excluding carboxylic acids is 1. The van der Waals surface area contributed by atoms with E-state index in [-0.39, 0.29) is 12.0 Å². The van der Waals surface area contributed by atoms with Crippen LogP contribution >= 0.6 is 15.9 Å². The smallest absolute Gasteiger partial charge is 0.226 e. The van der Waals surface area contributed by atoms with Crippen LogP contribution < -0.4 is 5.32 Å². The zero-order chi connectivity index (χ0) is 12.8. The second kappa shape index (κ2) is 6.90. The summed E-state index contributed by atoms with van der Waals surface area (Å²) in [5.74, 6) is 0.0372. The lowest BCUT2D eigenvalue weighted by atomic mass is 10.1. The number of aryl methyl sites for hydroxylation is 1. The minimum Gasteiger partial charge on any atom is -0.378 e. The largest absolute Gasteiger partial charge is 0.378 e. The van der Waals surface area contributed by atoms with Crippen molar-refractivity contribution >= 4 is 27.5 Å². The normalized spacial score (nSPS) is 18.8. The second-order valence-corrected chi connectivity index (χ2v) is 5.32. The lowest BCUT2D eigenvalue weighted by Gasteiger charge is -2.10. The molecule has 1 heterocycles. The quantitative estimate of drug-likeness (QED) is 0.848. The summed E-state index contributed by atoms with van der Waals surface area (Å²) in [4.78, 5) is 11.8. The molecule has 3 nitrogen and oxygen atoms in total. The monoisotopic (exact) mass is 311 g/mol. The van der Waals surface area contributed by atoms with Crippen molar-refractivity contribution in [2.24, 2.45) is 0 Å². The van der Waals surface area contributed by atoms with Crippen LogP contribution in [0.1, 0.15) is 24.8 Å². The molecule has 1 atom stereocenters. The van der Waals surface area contributed by atoms with Crippen LogP contribution in [-0.2, 0) is 16.0 Å².